The maximum atomic E-state index is 14.1. The van der Waals surface area contributed by atoms with Gasteiger partial charge in [0.25, 0.3) is 0 Å². The van der Waals surface area contributed by atoms with Crippen LogP contribution in [0.4, 0.5) is 4.79 Å². The van der Waals surface area contributed by atoms with Gasteiger partial charge in [0.1, 0.15) is 24.4 Å². The number of fused-ring (bicyclic) bond motifs is 6. The Morgan fingerprint density at radius 3 is 1.23 bits per heavy atom. The summed E-state index contributed by atoms with van der Waals surface area (Å²) in [7, 11) is 6.19. The molecule has 4 heterocycles. The lowest BCUT2D eigenvalue weighted by molar-refractivity contribution is -0.0582. The smallest absolute Gasteiger partial charge is 0.493 e. The lowest BCUT2D eigenvalue weighted by Gasteiger charge is -2.31. The molecule has 0 unspecified atom stereocenters. The first-order chi connectivity index (χ1) is 31.7. The average molecular weight is 899 g/mol. The first-order valence-corrected chi connectivity index (χ1v) is 21.2. The van der Waals surface area contributed by atoms with E-state index in [-0.39, 0.29) is 39.6 Å². The van der Waals surface area contributed by atoms with Gasteiger partial charge in [-0.15, -0.1) is 0 Å². The van der Waals surface area contributed by atoms with Crippen molar-refractivity contribution >= 4 is 39.6 Å². The van der Waals surface area contributed by atoms with Crippen molar-refractivity contribution in [1.82, 2.24) is 0 Å². The molecule has 340 valence electrons. The van der Waals surface area contributed by atoms with Crippen LogP contribution in [0.15, 0.2) is 60.7 Å². The highest BCUT2D eigenvalue weighted by molar-refractivity contribution is 6.14. The summed E-state index contributed by atoms with van der Waals surface area (Å²) in [6.07, 6.45) is -0.593. The van der Waals surface area contributed by atoms with Crippen molar-refractivity contribution in [1.29, 1.82) is 0 Å². The normalized spacial score (nSPS) is 14.5. The van der Waals surface area contributed by atoms with Crippen LogP contribution in [0.3, 0.4) is 0 Å². The van der Waals surface area contributed by atoms with E-state index in [0.717, 1.165) is 21.9 Å². The zero-order chi connectivity index (χ0) is 46.2. The number of carbonyl (C=O) groups excluding carboxylic acids is 3. The van der Waals surface area contributed by atoms with Gasteiger partial charge in [-0.2, -0.15) is 0 Å². The van der Waals surface area contributed by atoms with E-state index < -0.39 is 29.3 Å². The summed E-state index contributed by atoms with van der Waals surface area (Å²) in [6.45, 7) is 7.32. The van der Waals surface area contributed by atoms with E-state index in [9.17, 15) is 14.4 Å². The molecule has 6 aromatic rings. The second-order valence-corrected chi connectivity index (χ2v) is 17.5. The van der Waals surface area contributed by atoms with Crippen molar-refractivity contribution in [2.75, 3.05) is 42.0 Å². The van der Waals surface area contributed by atoms with Gasteiger partial charge in [0.2, 0.25) is 13.6 Å². The Morgan fingerprint density at radius 2 is 0.848 bits per heavy atom. The highest BCUT2D eigenvalue weighted by Crippen LogP contribution is 2.50. The molecule has 0 amide bonds. The molecule has 66 heavy (non-hydrogen) atoms. The third-order valence-corrected chi connectivity index (χ3v) is 12.4. The lowest BCUT2D eigenvalue weighted by Crippen LogP contribution is -2.37. The fourth-order valence-electron chi connectivity index (χ4n) is 9.56. The lowest BCUT2D eigenvalue weighted by atomic mass is 9.83. The topological polar surface area (TPSA) is 162 Å². The fourth-order valence-corrected chi connectivity index (χ4v) is 9.56. The predicted molar refractivity (Wildman–Crippen MR) is 239 cm³/mol. The number of hydrogen-bond donors (Lipinski definition) is 0. The Bertz CT molecular complexity index is 2850. The van der Waals surface area contributed by atoms with Crippen LogP contribution in [0.1, 0.15) is 70.7 Å². The molecule has 10 rings (SSSR count). The van der Waals surface area contributed by atoms with E-state index in [2.05, 4.69) is 0 Å². The standard InChI is InChI=1S/C51H46O15/c1-50(2,19-31-27-15-37(55-5)39(57-7)17-29(27)43(45-33(31)21-59-47(45)52)25-9-11-35-41(13-25)63-23-61-35)65-49(54)66-51(3,4)20-32-28-16-38(56-6)40(58-8)18-30(28)44(46-34(32)22-60-48(46)53)26-10-12-36-42(14-26)64-24-62-36/h9-18H,19-24H2,1-8H3. The molecule has 0 N–H and O–H groups in total. The summed E-state index contributed by atoms with van der Waals surface area (Å²) in [5.74, 6) is 3.20. The summed E-state index contributed by atoms with van der Waals surface area (Å²) >= 11 is 0. The molecule has 4 aliphatic rings. The predicted octanol–water partition coefficient (Wildman–Crippen LogP) is 9.66. The van der Waals surface area contributed by atoms with Gasteiger partial charge in [-0.05, 0) is 120 Å². The fraction of sp³-hybridized carbons (Fsp3) is 0.314. The van der Waals surface area contributed by atoms with Crippen molar-refractivity contribution in [2.45, 2.75) is 65.0 Å². The van der Waals surface area contributed by atoms with Crippen LogP contribution in [-0.2, 0) is 45.0 Å². The van der Waals surface area contributed by atoms with Gasteiger partial charge in [-0.25, -0.2) is 14.4 Å². The first-order valence-electron chi connectivity index (χ1n) is 21.2. The average Bonchev–Trinajstić information content (AvgIpc) is 4.12. The largest absolute Gasteiger partial charge is 0.509 e. The van der Waals surface area contributed by atoms with Crippen molar-refractivity contribution < 1.29 is 71.2 Å². The molecule has 0 bridgehead atoms. The zero-order valence-corrected chi connectivity index (χ0v) is 37.6. The van der Waals surface area contributed by atoms with Crippen LogP contribution in [0, 0.1) is 0 Å². The van der Waals surface area contributed by atoms with E-state index in [1.807, 2.05) is 60.7 Å². The van der Waals surface area contributed by atoms with Crippen LogP contribution >= 0.6 is 0 Å². The van der Waals surface area contributed by atoms with Crippen LogP contribution in [0.5, 0.6) is 46.0 Å². The van der Waals surface area contributed by atoms with Crippen molar-refractivity contribution in [3.63, 3.8) is 0 Å². The van der Waals surface area contributed by atoms with Crippen LogP contribution < -0.4 is 37.9 Å². The van der Waals surface area contributed by atoms with Crippen LogP contribution in [0.2, 0.25) is 0 Å². The minimum Gasteiger partial charge on any atom is -0.493 e. The van der Waals surface area contributed by atoms with Gasteiger partial charge in [0.15, 0.2) is 46.0 Å². The quantitative estimate of drug-likeness (QED) is 0.0842. The Kier molecular flexibility index (Phi) is 10.2. The minimum atomic E-state index is -1.18. The Labute approximate surface area is 379 Å². The second kappa shape index (κ2) is 15.9. The number of ether oxygens (including phenoxy) is 12. The summed E-state index contributed by atoms with van der Waals surface area (Å²) < 4.78 is 69.4. The molecule has 0 aliphatic carbocycles. The maximum absolute atomic E-state index is 14.1. The Hall–Kier alpha value is -7.55. The van der Waals surface area contributed by atoms with E-state index in [1.165, 1.54) is 0 Å². The molecule has 6 aromatic carbocycles. The molecule has 0 saturated heterocycles. The van der Waals surface area contributed by atoms with E-state index in [4.69, 9.17) is 56.8 Å². The van der Waals surface area contributed by atoms with Gasteiger partial charge in [-0.3, -0.25) is 0 Å². The molecule has 0 saturated carbocycles. The summed E-state index contributed by atoms with van der Waals surface area (Å²) in [4.78, 5) is 41.5. The molecule has 0 spiro atoms. The number of cyclic esters (lactones) is 2. The van der Waals surface area contributed by atoms with Crippen LogP contribution in [-0.4, -0.2) is 71.3 Å². The SMILES string of the molecule is COc1cc2c(CC(C)(C)OC(=O)OC(C)(C)Cc3c4c(c(-c5ccc6c(c5)OCO6)c5cc(OC)c(OC)cc35)C(=O)OC4)c3c(c(-c4ccc5c(c4)OCO5)c2cc1OC)C(=O)OC3. The van der Waals surface area contributed by atoms with E-state index in [1.54, 1.807) is 56.1 Å². The molecule has 0 aromatic heterocycles. The number of rotatable bonds is 12. The highest BCUT2D eigenvalue weighted by Gasteiger charge is 2.39. The zero-order valence-electron chi connectivity index (χ0n) is 37.6. The molecule has 0 atom stereocenters. The molecule has 15 heteroatoms. The van der Waals surface area contributed by atoms with Crippen molar-refractivity contribution in [2.24, 2.45) is 0 Å². The third kappa shape index (κ3) is 7.09. The minimum absolute atomic E-state index is 0.00744. The summed E-state index contributed by atoms with van der Waals surface area (Å²) in [6, 6.07) is 18.4. The molecule has 4 aliphatic heterocycles. The number of carbonyl (C=O) groups is 3. The van der Waals surface area contributed by atoms with Gasteiger partial charge in [-0.1, -0.05) is 12.1 Å². The Morgan fingerprint density at radius 1 is 0.485 bits per heavy atom. The third-order valence-electron chi connectivity index (χ3n) is 12.4. The van der Waals surface area contributed by atoms with Gasteiger partial charge >= 0.3 is 18.1 Å². The molecule has 0 radical (unpaired) electrons. The van der Waals surface area contributed by atoms with Gasteiger partial charge in [0, 0.05) is 35.1 Å². The number of esters is 2. The molecule has 0 fully saturated rings. The second-order valence-electron chi connectivity index (χ2n) is 17.5. The number of hydrogen-bond acceptors (Lipinski definition) is 15. The van der Waals surface area contributed by atoms with Gasteiger partial charge in [0.05, 0.1) is 39.6 Å². The van der Waals surface area contributed by atoms with E-state index in [0.29, 0.717) is 101 Å². The van der Waals surface area contributed by atoms with Crippen LogP contribution in [0.25, 0.3) is 43.8 Å². The van der Waals surface area contributed by atoms with Crippen molar-refractivity contribution in [3.8, 4) is 68.2 Å². The summed E-state index contributed by atoms with van der Waals surface area (Å²) in [5.41, 5.74) is 3.90. The first kappa shape index (κ1) is 42.4. The Balaban J connectivity index is 0.996. The number of methoxy groups -OCH3 is 4. The maximum Gasteiger partial charge on any atom is 0.509 e. The molecular formula is C51H46O15. The molecular weight excluding hydrogens is 853 g/mol. The summed E-state index contributed by atoms with van der Waals surface area (Å²) in [5, 5.41) is 2.88. The molecule has 15 nitrogen and oxygen atoms in total. The van der Waals surface area contributed by atoms with Crippen molar-refractivity contribution in [3.05, 3.63) is 94.0 Å². The number of benzene rings is 6. The highest BCUT2D eigenvalue weighted by atomic mass is 16.7. The van der Waals surface area contributed by atoms with Gasteiger partial charge < -0.3 is 56.8 Å². The van der Waals surface area contributed by atoms with E-state index >= 15 is 0 Å². The monoisotopic (exact) mass is 898 g/mol.